The normalized spacial score (nSPS) is 10.7. The van der Waals surface area contributed by atoms with Crippen LogP contribution in [0, 0.1) is 0 Å². The van der Waals surface area contributed by atoms with Crippen LogP contribution < -0.4 is 4.43 Å². The van der Waals surface area contributed by atoms with E-state index in [1.807, 2.05) is 0 Å². The van der Waals surface area contributed by atoms with Gasteiger partial charge < -0.3 is 19.7 Å². The number of benzene rings is 1. The molecule has 1 aromatic carbocycles. The van der Waals surface area contributed by atoms with E-state index in [9.17, 15) is 15.0 Å². The highest BCUT2D eigenvalue weighted by molar-refractivity contribution is 6.01. The van der Waals surface area contributed by atoms with Crippen molar-refractivity contribution in [3.63, 3.8) is 0 Å². The van der Waals surface area contributed by atoms with Crippen molar-refractivity contribution in [2.24, 2.45) is 0 Å². The van der Waals surface area contributed by atoms with Gasteiger partial charge in [-0.15, -0.1) is 0 Å². The van der Waals surface area contributed by atoms with Crippen molar-refractivity contribution in [3.8, 4) is 17.2 Å². The number of carboxylic acid groups (broad SMARTS) is 1. The molecule has 0 heterocycles. The molecule has 1 aromatic rings. The molecule has 15 heavy (non-hydrogen) atoms. The third kappa shape index (κ3) is 2.50. The van der Waals surface area contributed by atoms with Crippen LogP contribution >= 0.6 is 0 Å². The predicted molar refractivity (Wildman–Crippen MR) is 57.0 cm³/mol. The lowest BCUT2D eigenvalue weighted by molar-refractivity contribution is -0.131. The van der Waals surface area contributed by atoms with Gasteiger partial charge >= 0.3 is 5.97 Å². The van der Waals surface area contributed by atoms with E-state index in [1.165, 1.54) is 18.2 Å². The quantitative estimate of drug-likeness (QED) is 0.379. The predicted octanol–water partition coefficient (Wildman–Crippen LogP) is -0.145. The molecule has 1 rings (SSSR count). The zero-order chi connectivity index (χ0) is 11.4. The van der Waals surface area contributed by atoms with Gasteiger partial charge in [-0.25, -0.2) is 4.79 Å². The fourth-order valence-electron chi connectivity index (χ4n) is 1.08. The first-order valence-corrected chi connectivity index (χ1v) is 4.88. The zero-order valence-electron chi connectivity index (χ0n) is 7.97. The van der Waals surface area contributed by atoms with Crippen LogP contribution in [-0.4, -0.2) is 31.8 Å². The lowest BCUT2D eigenvalue weighted by Gasteiger charge is -2.08. The largest absolute Gasteiger partial charge is 0.550 e. The highest BCUT2D eigenvalue weighted by Crippen LogP contribution is 2.38. The van der Waals surface area contributed by atoms with E-state index >= 15 is 0 Å². The topological polar surface area (TPSA) is 87.0 Å². The van der Waals surface area contributed by atoms with E-state index in [2.05, 4.69) is 0 Å². The molecule has 80 valence electrons. The molecule has 0 saturated carbocycles. The summed E-state index contributed by atoms with van der Waals surface area (Å²) in [6.07, 6.45) is 2.21. The Bertz CT molecular complexity index is 413. The maximum Gasteiger partial charge on any atom is 0.328 e. The monoisotopic (exact) mass is 226 g/mol. The van der Waals surface area contributed by atoms with Crippen LogP contribution in [0.1, 0.15) is 5.56 Å². The first-order valence-electron chi connectivity index (χ1n) is 4.06. The molecule has 0 atom stereocenters. The standard InChI is InChI=1S/C9H10O5Si/c10-6-3-1-5(2-4-7(11)12)9(14-15)8(6)13/h1-4,10,13H,15H3,(H,11,12). The van der Waals surface area contributed by atoms with E-state index in [1.54, 1.807) is 0 Å². The Morgan fingerprint density at radius 2 is 2.07 bits per heavy atom. The van der Waals surface area contributed by atoms with Crippen LogP contribution in [0.5, 0.6) is 17.2 Å². The Balaban J connectivity index is 3.19. The van der Waals surface area contributed by atoms with Crippen molar-refractivity contribution in [3.05, 3.63) is 23.8 Å². The van der Waals surface area contributed by atoms with Gasteiger partial charge in [0.05, 0.1) is 0 Å². The number of phenolic OH excluding ortho intramolecular Hbond substituents is 2. The minimum absolute atomic E-state index is 0.0965. The maximum absolute atomic E-state index is 10.3. The summed E-state index contributed by atoms with van der Waals surface area (Å²) in [6.45, 7) is 0. The van der Waals surface area contributed by atoms with Gasteiger partial charge in [-0.3, -0.25) is 0 Å². The number of carbonyl (C=O) groups is 1. The summed E-state index contributed by atoms with van der Waals surface area (Å²) >= 11 is 0. The molecule has 5 nitrogen and oxygen atoms in total. The average Bonchev–Trinajstić information content (AvgIpc) is 2.19. The summed E-state index contributed by atoms with van der Waals surface area (Å²) in [7, 11) is 0.323. The first kappa shape index (κ1) is 11.1. The number of carboxylic acids is 1. The molecule has 0 aliphatic carbocycles. The van der Waals surface area contributed by atoms with Gasteiger partial charge in [0.15, 0.2) is 17.2 Å². The fourth-order valence-corrected chi connectivity index (χ4v) is 1.51. The van der Waals surface area contributed by atoms with Crippen molar-refractivity contribution in [1.82, 2.24) is 0 Å². The molecular formula is C9H10O5Si. The Hall–Kier alpha value is -1.95. The SMILES string of the molecule is O=C(O)C=Cc1ccc(O)c(O)c1O[SiH3]. The highest BCUT2D eigenvalue weighted by atomic mass is 28.2. The van der Waals surface area contributed by atoms with Gasteiger partial charge in [0.1, 0.15) is 0 Å². The van der Waals surface area contributed by atoms with Crippen molar-refractivity contribution >= 4 is 22.5 Å². The zero-order valence-corrected chi connectivity index (χ0v) is 9.97. The second-order valence-electron chi connectivity index (χ2n) is 2.73. The van der Waals surface area contributed by atoms with Crippen LogP contribution in [-0.2, 0) is 4.79 Å². The number of phenols is 2. The summed E-state index contributed by atoms with van der Waals surface area (Å²) in [5.74, 6) is -1.67. The third-order valence-electron chi connectivity index (χ3n) is 1.75. The van der Waals surface area contributed by atoms with Crippen molar-refractivity contribution in [2.75, 3.05) is 0 Å². The summed E-state index contributed by atoms with van der Waals surface area (Å²) in [6, 6.07) is 2.72. The summed E-state index contributed by atoms with van der Waals surface area (Å²) in [5.41, 5.74) is 0.405. The summed E-state index contributed by atoms with van der Waals surface area (Å²) in [4.78, 5) is 10.3. The summed E-state index contributed by atoms with van der Waals surface area (Å²) < 4.78 is 4.97. The van der Waals surface area contributed by atoms with Gasteiger partial charge in [0.2, 0.25) is 10.5 Å². The van der Waals surface area contributed by atoms with E-state index in [-0.39, 0.29) is 17.2 Å². The second kappa shape index (κ2) is 4.51. The first-order chi connectivity index (χ1) is 7.06. The molecule has 0 amide bonds. The van der Waals surface area contributed by atoms with Crippen LogP contribution in [0.3, 0.4) is 0 Å². The molecule has 0 unspecified atom stereocenters. The van der Waals surface area contributed by atoms with Crippen LogP contribution in [0.2, 0.25) is 0 Å². The molecule has 0 aliphatic rings. The second-order valence-corrected chi connectivity index (χ2v) is 3.14. The fraction of sp³-hybridized carbons (Fsp3) is 0. The van der Waals surface area contributed by atoms with Crippen molar-refractivity contribution in [1.29, 1.82) is 0 Å². The number of hydrogen-bond donors (Lipinski definition) is 3. The highest BCUT2D eigenvalue weighted by Gasteiger charge is 2.10. The molecule has 0 radical (unpaired) electrons. The van der Waals surface area contributed by atoms with Crippen LogP contribution in [0.4, 0.5) is 0 Å². The Kier molecular flexibility index (Phi) is 3.35. The molecule has 0 bridgehead atoms. The van der Waals surface area contributed by atoms with E-state index in [0.717, 1.165) is 6.08 Å². The minimum Gasteiger partial charge on any atom is -0.550 e. The lowest BCUT2D eigenvalue weighted by atomic mass is 10.1. The van der Waals surface area contributed by atoms with Crippen molar-refractivity contribution < 1.29 is 24.5 Å². The van der Waals surface area contributed by atoms with Gasteiger partial charge in [0, 0.05) is 11.6 Å². The molecule has 0 fully saturated rings. The number of aliphatic carboxylic acids is 1. The number of hydrogen-bond acceptors (Lipinski definition) is 4. The number of rotatable bonds is 3. The minimum atomic E-state index is -1.10. The van der Waals surface area contributed by atoms with Crippen molar-refractivity contribution in [2.45, 2.75) is 0 Å². The van der Waals surface area contributed by atoms with E-state index < -0.39 is 5.97 Å². The summed E-state index contributed by atoms with van der Waals surface area (Å²) in [5, 5.41) is 27.0. The third-order valence-corrected chi connectivity index (χ3v) is 2.16. The lowest BCUT2D eigenvalue weighted by Crippen LogP contribution is -1.91. The van der Waals surface area contributed by atoms with Gasteiger partial charge in [-0.2, -0.15) is 0 Å². The molecule has 6 heteroatoms. The molecule has 3 N–H and O–H groups in total. The molecular weight excluding hydrogens is 216 g/mol. The molecule has 0 aromatic heterocycles. The van der Waals surface area contributed by atoms with Gasteiger partial charge in [0.25, 0.3) is 0 Å². The van der Waals surface area contributed by atoms with E-state index in [0.29, 0.717) is 16.0 Å². The number of aromatic hydroxyl groups is 2. The van der Waals surface area contributed by atoms with Crippen LogP contribution in [0.25, 0.3) is 6.08 Å². The smallest absolute Gasteiger partial charge is 0.328 e. The molecule has 0 spiro atoms. The van der Waals surface area contributed by atoms with Gasteiger partial charge in [-0.1, -0.05) is 0 Å². The van der Waals surface area contributed by atoms with E-state index in [4.69, 9.17) is 9.53 Å². The Morgan fingerprint density at radius 3 is 2.60 bits per heavy atom. The van der Waals surface area contributed by atoms with Crippen LogP contribution in [0.15, 0.2) is 18.2 Å². The Labute approximate surface area is 88.8 Å². The molecule has 0 aliphatic heterocycles. The maximum atomic E-state index is 10.3. The molecule has 0 saturated heterocycles. The van der Waals surface area contributed by atoms with Gasteiger partial charge in [-0.05, 0) is 18.2 Å². The Morgan fingerprint density at radius 1 is 1.40 bits per heavy atom. The average molecular weight is 226 g/mol.